The van der Waals surface area contributed by atoms with Crippen molar-refractivity contribution in [3.05, 3.63) is 94.1 Å². The number of rotatable bonds is 8. The molecule has 4 aromatic rings. The maximum absolute atomic E-state index is 12.4. The van der Waals surface area contributed by atoms with Gasteiger partial charge >= 0.3 is 6.61 Å². The maximum atomic E-state index is 12.4. The van der Waals surface area contributed by atoms with Crippen LogP contribution in [0, 0.1) is 6.92 Å². The molecule has 0 fully saturated rings. The summed E-state index contributed by atoms with van der Waals surface area (Å²) >= 11 is 7.98. The van der Waals surface area contributed by atoms with Gasteiger partial charge in [0, 0.05) is 28.0 Å². The van der Waals surface area contributed by atoms with E-state index in [4.69, 9.17) is 11.6 Å². The van der Waals surface area contributed by atoms with Crippen LogP contribution in [0.1, 0.15) is 22.3 Å². The van der Waals surface area contributed by atoms with E-state index in [2.05, 4.69) is 50.6 Å². The molecule has 1 aromatic heterocycles. The molecule has 166 valence electrons. The van der Waals surface area contributed by atoms with Crippen molar-refractivity contribution in [1.29, 1.82) is 0 Å². The summed E-state index contributed by atoms with van der Waals surface area (Å²) in [7, 11) is 1.92. The topological polar surface area (TPSA) is 26.2 Å². The van der Waals surface area contributed by atoms with Crippen LogP contribution in [0.3, 0.4) is 0 Å². The van der Waals surface area contributed by atoms with Crippen LogP contribution in [-0.4, -0.2) is 17.6 Å². The number of hydrogen-bond donors (Lipinski definition) is 1. The van der Waals surface area contributed by atoms with E-state index < -0.39 is 6.61 Å². The third-order valence-corrected chi connectivity index (χ3v) is 6.48. The summed E-state index contributed by atoms with van der Waals surface area (Å²) in [5.41, 5.74) is 5.68. The molecule has 0 saturated carbocycles. The number of hydrogen-bond acceptors (Lipinski definition) is 3. The fourth-order valence-corrected chi connectivity index (χ4v) is 4.86. The Hall–Kier alpha value is -2.54. The Labute approximate surface area is 195 Å². The van der Waals surface area contributed by atoms with E-state index >= 15 is 0 Å². The molecular formula is C25H23ClF2N2OS. The predicted octanol–water partition coefficient (Wildman–Crippen LogP) is 7.07. The van der Waals surface area contributed by atoms with Gasteiger partial charge in [0.25, 0.3) is 0 Å². The quantitative estimate of drug-likeness (QED) is 0.297. The zero-order valence-corrected chi connectivity index (χ0v) is 19.3. The van der Waals surface area contributed by atoms with Crippen molar-refractivity contribution in [2.24, 2.45) is 0 Å². The van der Waals surface area contributed by atoms with Crippen molar-refractivity contribution in [3.63, 3.8) is 0 Å². The summed E-state index contributed by atoms with van der Waals surface area (Å²) in [5, 5.41) is 5.16. The van der Waals surface area contributed by atoms with Gasteiger partial charge < -0.3 is 10.1 Å². The van der Waals surface area contributed by atoms with Gasteiger partial charge in [0.05, 0.1) is 5.52 Å². The summed E-state index contributed by atoms with van der Waals surface area (Å²) in [5.74, 6) is 0.148. The van der Waals surface area contributed by atoms with E-state index in [1.807, 2.05) is 20.0 Å². The minimum atomic E-state index is -2.83. The van der Waals surface area contributed by atoms with E-state index in [0.717, 1.165) is 39.5 Å². The van der Waals surface area contributed by atoms with E-state index in [-0.39, 0.29) is 5.75 Å². The molecule has 0 spiro atoms. The number of aromatic nitrogens is 1. The number of nitrogens with one attached hydrogen (secondary N) is 1. The van der Waals surface area contributed by atoms with Crippen molar-refractivity contribution in [3.8, 4) is 5.75 Å². The second kappa shape index (κ2) is 9.94. The largest absolute Gasteiger partial charge is 0.435 e. The normalized spacial score (nSPS) is 11.4. The first kappa shape index (κ1) is 22.6. The fraction of sp³-hybridized carbons (Fsp3) is 0.200. The first-order chi connectivity index (χ1) is 15.4. The van der Waals surface area contributed by atoms with Crippen LogP contribution in [0.25, 0.3) is 10.9 Å². The summed E-state index contributed by atoms with van der Waals surface area (Å²) in [4.78, 5) is 0.923. The second-order valence-electron chi connectivity index (χ2n) is 7.57. The van der Waals surface area contributed by atoms with Crippen LogP contribution in [0.5, 0.6) is 5.75 Å². The minimum Gasteiger partial charge on any atom is -0.435 e. The smallest absolute Gasteiger partial charge is 0.387 e. The molecule has 1 N–H and O–H groups in total. The highest BCUT2D eigenvalue weighted by Crippen LogP contribution is 2.32. The molecule has 1 heterocycles. The first-order valence-electron chi connectivity index (χ1n) is 10.2. The molecule has 3 nitrogen and oxygen atoms in total. The monoisotopic (exact) mass is 472 g/mol. The Balaban J connectivity index is 1.65. The van der Waals surface area contributed by atoms with E-state index in [1.165, 1.54) is 28.5 Å². The summed E-state index contributed by atoms with van der Waals surface area (Å²) in [6, 6.07) is 19.3. The van der Waals surface area contributed by atoms with Crippen molar-refractivity contribution in [1.82, 2.24) is 9.29 Å². The Morgan fingerprint density at radius 1 is 1.03 bits per heavy atom. The van der Waals surface area contributed by atoms with Gasteiger partial charge in [0.2, 0.25) is 0 Å². The fourth-order valence-electron chi connectivity index (χ4n) is 3.64. The molecule has 0 aliphatic rings. The van der Waals surface area contributed by atoms with Gasteiger partial charge in [-0.2, -0.15) is 8.78 Å². The highest BCUT2D eigenvalue weighted by Gasteiger charge is 2.12. The molecule has 0 saturated heterocycles. The lowest BCUT2D eigenvalue weighted by Gasteiger charge is -2.09. The highest BCUT2D eigenvalue weighted by atomic mass is 35.5. The van der Waals surface area contributed by atoms with Crippen molar-refractivity contribution in [2.75, 3.05) is 7.05 Å². The summed E-state index contributed by atoms with van der Waals surface area (Å²) < 4.78 is 31.4. The highest BCUT2D eigenvalue weighted by molar-refractivity contribution is 7.98. The number of nitrogens with zero attached hydrogens (tertiary/aromatic N) is 1. The number of ether oxygens (including phenoxy) is 1. The third-order valence-electron chi connectivity index (χ3n) is 5.14. The Bertz CT molecular complexity index is 1220. The number of halogens is 3. The third kappa shape index (κ3) is 5.26. The first-order valence-corrected chi connectivity index (χ1v) is 11.3. The predicted molar refractivity (Wildman–Crippen MR) is 128 cm³/mol. The molecule has 4 rings (SSSR count). The zero-order valence-electron chi connectivity index (χ0n) is 17.7. The van der Waals surface area contributed by atoms with Gasteiger partial charge in [-0.15, -0.1) is 0 Å². The van der Waals surface area contributed by atoms with Gasteiger partial charge in [-0.05, 0) is 91.0 Å². The molecule has 7 heteroatoms. The molecule has 0 aliphatic carbocycles. The van der Waals surface area contributed by atoms with Crippen molar-refractivity contribution in [2.45, 2.75) is 31.4 Å². The lowest BCUT2D eigenvalue weighted by Crippen LogP contribution is -2.04. The molecule has 0 aliphatic heterocycles. The van der Waals surface area contributed by atoms with Crippen LogP contribution in [0.4, 0.5) is 8.78 Å². The second-order valence-corrected chi connectivity index (χ2v) is 9.03. The lowest BCUT2D eigenvalue weighted by atomic mass is 10.0. The van der Waals surface area contributed by atoms with Gasteiger partial charge in [-0.25, -0.2) is 0 Å². The Morgan fingerprint density at radius 2 is 1.81 bits per heavy atom. The van der Waals surface area contributed by atoms with Gasteiger partial charge in [-0.3, -0.25) is 3.97 Å². The van der Waals surface area contributed by atoms with Crippen LogP contribution in [0.15, 0.2) is 71.8 Å². The molecule has 0 amide bonds. The summed E-state index contributed by atoms with van der Waals surface area (Å²) in [6.45, 7) is -0.0539. The van der Waals surface area contributed by atoms with Gasteiger partial charge in [0.15, 0.2) is 0 Å². The molecule has 3 aromatic carbocycles. The molecule has 0 radical (unpaired) electrons. The zero-order chi connectivity index (χ0) is 22.7. The SMILES string of the molecule is CNCc1cn(Sc2ccc(OC(F)F)cc2)c2cc(Cc3ccc(C)cc3Cl)ccc12. The number of fused-ring (bicyclic) bond motifs is 1. The average molecular weight is 473 g/mol. The number of aryl methyl sites for hydroxylation is 1. The average Bonchev–Trinajstić information content (AvgIpc) is 3.08. The van der Waals surface area contributed by atoms with E-state index in [1.54, 1.807) is 24.3 Å². The van der Waals surface area contributed by atoms with E-state index in [9.17, 15) is 8.78 Å². The standard InChI is InChI=1S/C25H23ClF2N2OS/c1-16-3-5-18(23(26)11-16)12-17-4-10-22-19(14-29-2)15-30(24(22)13-17)32-21-8-6-20(7-9-21)31-25(27)28/h3-11,13,15,25,29H,12,14H2,1-2H3. The number of benzene rings is 3. The van der Waals surface area contributed by atoms with Crippen molar-refractivity contribution < 1.29 is 13.5 Å². The molecule has 0 unspecified atom stereocenters. The van der Waals surface area contributed by atoms with Crippen LogP contribution < -0.4 is 10.1 Å². The van der Waals surface area contributed by atoms with Gasteiger partial charge in [-0.1, -0.05) is 35.9 Å². The van der Waals surface area contributed by atoms with Crippen LogP contribution in [0.2, 0.25) is 5.02 Å². The molecule has 0 bridgehead atoms. The molecule has 32 heavy (non-hydrogen) atoms. The van der Waals surface area contributed by atoms with Crippen LogP contribution in [-0.2, 0) is 13.0 Å². The lowest BCUT2D eigenvalue weighted by molar-refractivity contribution is -0.0498. The van der Waals surface area contributed by atoms with Crippen molar-refractivity contribution >= 4 is 34.5 Å². The molecule has 0 atom stereocenters. The van der Waals surface area contributed by atoms with E-state index in [0.29, 0.717) is 0 Å². The maximum Gasteiger partial charge on any atom is 0.387 e. The Kier molecular flexibility index (Phi) is 7.04. The Morgan fingerprint density at radius 3 is 2.50 bits per heavy atom. The van der Waals surface area contributed by atoms with Crippen LogP contribution >= 0.6 is 23.5 Å². The summed E-state index contributed by atoms with van der Waals surface area (Å²) in [6.07, 6.45) is 2.85. The van der Waals surface area contributed by atoms with Gasteiger partial charge in [0.1, 0.15) is 5.75 Å². The number of alkyl halides is 2. The molecular weight excluding hydrogens is 450 g/mol. The minimum absolute atomic E-state index is 0.148.